The predicted molar refractivity (Wildman–Crippen MR) is 54.3 cm³/mol. The first-order valence-corrected chi connectivity index (χ1v) is 4.55. The van der Waals surface area contributed by atoms with Gasteiger partial charge in [0.25, 0.3) is 0 Å². The minimum Gasteiger partial charge on any atom is -0.480 e. The molecule has 0 fully saturated rings. The lowest BCUT2D eigenvalue weighted by atomic mass is 10.1. The molecule has 0 saturated carbocycles. The Labute approximate surface area is 85.7 Å². The molecular formula is C11H10FNO2. The Bertz CT molecular complexity index is 531. The first-order valence-electron chi connectivity index (χ1n) is 4.55. The van der Waals surface area contributed by atoms with Crippen molar-refractivity contribution in [1.29, 1.82) is 0 Å². The van der Waals surface area contributed by atoms with Crippen molar-refractivity contribution in [1.82, 2.24) is 4.57 Å². The molecule has 15 heavy (non-hydrogen) atoms. The van der Waals surface area contributed by atoms with E-state index in [1.54, 1.807) is 23.8 Å². The fourth-order valence-electron chi connectivity index (χ4n) is 1.80. The Kier molecular flexibility index (Phi) is 2.19. The molecule has 0 radical (unpaired) electrons. The van der Waals surface area contributed by atoms with Gasteiger partial charge in [-0.15, -0.1) is 0 Å². The zero-order chi connectivity index (χ0) is 11.0. The molecule has 4 heteroatoms. The SMILES string of the molecule is Cc1cc(F)cc2ccn(CC(=O)O)c12. The van der Waals surface area contributed by atoms with Gasteiger partial charge in [-0.25, -0.2) is 4.39 Å². The average molecular weight is 207 g/mol. The van der Waals surface area contributed by atoms with Crippen molar-refractivity contribution in [2.24, 2.45) is 0 Å². The summed E-state index contributed by atoms with van der Waals surface area (Å²) in [5.74, 6) is -1.20. The summed E-state index contributed by atoms with van der Waals surface area (Å²) >= 11 is 0. The average Bonchev–Trinajstić information content (AvgIpc) is 2.46. The molecule has 0 aliphatic heterocycles. The van der Waals surface area contributed by atoms with Gasteiger partial charge in [0.05, 0.1) is 5.52 Å². The summed E-state index contributed by atoms with van der Waals surface area (Å²) in [6, 6.07) is 4.52. The second kappa shape index (κ2) is 3.38. The van der Waals surface area contributed by atoms with Crippen molar-refractivity contribution in [2.45, 2.75) is 13.5 Å². The molecule has 0 aliphatic carbocycles. The minimum absolute atomic E-state index is 0.101. The molecule has 0 amide bonds. The van der Waals surface area contributed by atoms with Crippen LogP contribution in [0.15, 0.2) is 24.4 Å². The second-order valence-corrected chi connectivity index (χ2v) is 3.50. The first-order chi connectivity index (χ1) is 7.08. The number of benzene rings is 1. The van der Waals surface area contributed by atoms with Crippen molar-refractivity contribution >= 4 is 16.9 Å². The molecule has 78 valence electrons. The number of fused-ring (bicyclic) bond motifs is 1. The summed E-state index contributed by atoms with van der Waals surface area (Å²) in [5, 5.41) is 9.43. The molecule has 0 aliphatic rings. The maximum atomic E-state index is 13.0. The number of aryl methyl sites for hydroxylation is 1. The van der Waals surface area contributed by atoms with Gasteiger partial charge in [-0.1, -0.05) is 0 Å². The van der Waals surface area contributed by atoms with E-state index in [9.17, 15) is 9.18 Å². The molecule has 1 aromatic carbocycles. The van der Waals surface area contributed by atoms with Crippen LogP contribution in [0, 0.1) is 12.7 Å². The van der Waals surface area contributed by atoms with Gasteiger partial charge in [0.1, 0.15) is 12.4 Å². The standard InChI is InChI=1S/C11H10FNO2/c1-7-4-9(12)5-8-2-3-13(11(7)8)6-10(14)15/h2-5H,6H2,1H3,(H,14,15). The van der Waals surface area contributed by atoms with Crippen LogP contribution in [0.4, 0.5) is 4.39 Å². The number of hydrogen-bond donors (Lipinski definition) is 1. The van der Waals surface area contributed by atoms with Gasteiger partial charge in [-0.05, 0) is 30.7 Å². The van der Waals surface area contributed by atoms with E-state index >= 15 is 0 Å². The Balaban J connectivity index is 2.63. The highest BCUT2D eigenvalue weighted by Gasteiger charge is 2.08. The van der Waals surface area contributed by atoms with Gasteiger partial charge < -0.3 is 9.67 Å². The molecule has 0 bridgehead atoms. The summed E-state index contributed by atoms with van der Waals surface area (Å²) in [6.07, 6.45) is 1.66. The maximum Gasteiger partial charge on any atom is 0.323 e. The second-order valence-electron chi connectivity index (χ2n) is 3.50. The van der Waals surface area contributed by atoms with Crippen LogP contribution in [0.25, 0.3) is 10.9 Å². The van der Waals surface area contributed by atoms with Gasteiger partial charge in [0.2, 0.25) is 0 Å². The van der Waals surface area contributed by atoms with Crippen LogP contribution in [-0.4, -0.2) is 15.6 Å². The highest BCUT2D eigenvalue weighted by atomic mass is 19.1. The molecule has 2 aromatic rings. The number of carboxylic acids is 1. The third-order valence-electron chi connectivity index (χ3n) is 2.32. The highest BCUT2D eigenvalue weighted by molar-refractivity contribution is 5.84. The number of rotatable bonds is 2. The van der Waals surface area contributed by atoms with Crippen molar-refractivity contribution in [3.63, 3.8) is 0 Å². The quantitative estimate of drug-likeness (QED) is 0.820. The topological polar surface area (TPSA) is 42.2 Å². The maximum absolute atomic E-state index is 13.0. The predicted octanol–water partition coefficient (Wildman–Crippen LogP) is 2.17. The van der Waals surface area contributed by atoms with Gasteiger partial charge in [-0.2, -0.15) is 0 Å². The van der Waals surface area contributed by atoms with E-state index in [4.69, 9.17) is 5.11 Å². The van der Waals surface area contributed by atoms with Crippen molar-refractivity contribution in [2.75, 3.05) is 0 Å². The normalized spacial score (nSPS) is 10.8. The lowest BCUT2D eigenvalue weighted by Crippen LogP contribution is -2.07. The molecular weight excluding hydrogens is 197 g/mol. The number of halogens is 1. The number of aliphatic carboxylic acids is 1. The number of carboxylic acid groups (broad SMARTS) is 1. The van der Waals surface area contributed by atoms with Crippen LogP contribution < -0.4 is 0 Å². The molecule has 1 heterocycles. The Morgan fingerprint density at radius 3 is 2.93 bits per heavy atom. The van der Waals surface area contributed by atoms with Gasteiger partial charge in [0.15, 0.2) is 0 Å². The first kappa shape index (κ1) is 9.71. The summed E-state index contributed by atoms with van der Waals surface area (Å²) in [5.41, 5.74) is 1.52. The Morgan fingerprint density at radius 1 is 1.53 bits per heavy atom. The number of nitrogens with zero attached hydrogens (tertiary/aromatic N) is 1. The van der Waals surface area contributed by atoms with Gasteiger partial charge in [0, 0.05) is 11.6 Å². The zero-order valence-corrected chi connectivity index (χ0v) is 8.20. The Morgan fingerprint density at radius 2 is 2.27 bits per heavy atom. The van der Waals surface area contributed by atoms with Crippen molar-refractivity contribution < 1.29 is 14.3 Å². The van der Waals surface area contributed by atoms with E-state index < -0.39 is 5.97 Å². The van der Waals surface area contributed by atoms with E-state index in [-0.39, 0.29) is 12.4 Å². The van der Waals surface area contributed by atoms with E-state index in [0.717, 1.165) is 16.5 Å². The summed E-state index contributed by atoms with van der Waals surface area (Å²) < 4.78 is 14.6. The number of carbonyl (C=O) groups is 1. The Hall–Kier alpha value is -1.84. The summed E-state index contributed by atoms with van der Waals surface area (Å²) in [7, 11) is 0. The fourth-order valence-corrected chi connectivity index (χ4v) is 1.80. The van der Waals surface area contributed by atoms with Crippen LogP contribution in [-0.2, 0) is 11.3 Å². The van der Waals surface area contributed by atoms with Gasteiger partial charge in [-0.3, -0.25) is 4.79 Å². The zero-order valence-electron chi connectivity index (χ0n) is 8.20. The molecule has 1 N–H and O–H groups in total. The molecule has 3 nitrogen and oxygen atoms in total. The number of aromatic nitrogens is 1. The molecule has 0 atom stereocenters. The fraction of sp³-hybridized carbons (Fsp3) is 0.182. The number of hydrogen-bond acceptors (Lipinski definition) is 1. The molecule has 1 aromatic heterocycles. The molecule has 0 unspecified atom stereocenters. The monoisotopic (exact) mass is 207 g/mol. The van der Waals surface area contributed by atoms with Gasteiger partial charge >= 0.3 is 5.97 Å². The van der Waals surface area contributed by atoms with Crippen molar-refractivity contribution in [3.8, 4) is 0 Å². The van der Waals surface area contributed by atoms with Crippen LogP contribution in [0.2, 0.25) is 0 Å². The van der Waals surface area contributed by atoms with E-state index in [1.807, 2.05) is 0 Å². The third-order valence-corrected chi connectivity index (χ3v) is 2.32. The molecule has 0 spiro atoms. The minimum atomic E-state index is -0.906. The van der Waals surface area contributed by atoms with E-state index in [1.165, 1.54) is 12.1 Å². The summed E-state index contributed by atoms with van der Waals surface area (Å²) in [4.78, 5) is 10.6. The highest BCUT2D eigenvalue weighted by Crippen LogP contribution is 2.21. The third kappa shape index (κ3) is 1.70. The summed E-state index contributed by atoms with van der Waals surface area (Å²) in [6.45, 7) is 1.67. The smallest absolute Gasteiger partial charge is 0.323 e. The largest absolute Gasteiger partial charge is 0.480 e. The lowest BCUT2D eigenvalue weighted by Gasteiger charge is -2.04. The van der Waals surface area contributed by atoms with E-state index in [2.05, 4.69) is 0 Å². The lowest BCUT2D eigenvalue weighted by molar-refractivity contribution is -0.137. The van der Waals surface area contributed by atoms with Crippen LogP contribution in [0.1, 0.15) is 5.56 Å². The molecule has 0 saturated heterocycles. The van der Waals surface area contributed by atoms with E-state index in [0.29, 0.717) is 0 Å². The van der Waals surface area contributed by atoms with Crippen LogP contribution >= 0.6 is 0 Å². The van der Waals surface area contributed by atoms with Crippen LogP contribution in [0.5, 0.6) is 0 Å². The van der Waals surface area contributed by atoms with Crippen molar-refractivity contribution in [3.05, 3.63) is 35.8 Å². The van der Waals surface area contributed by atoms with Crippen LogP contribution in [0.3, 0.4) is 0 Å². The molecule has 2 rings (SSSR count).